The van der Waals surface area contributed by atoms with Gasteiger partial charge in [-0.1, -0.05) is 49.2 Å². The van der Waals surface area contributed by atoms with Crippen molar-refractivity contribution in [2.45, 2.75) is 52.6 Å². The fraction of sp³-hybridized carbons (Fsp3) is 0.364. The normalized spacial score (nSPS) is 12.4. The van der Waals surface area contributed by atoms with E-state index in [2.05, 4.69) is 18.2 Å². The Morgan fingerprint density at radius 1 is 1.11 bits per heavy atom. The number of carboxylic acids is 1. The molecule has 3 aromatic rings. The van der Waals surface area contributed by atoms with E-state index in [1.807, 2.05) is 45.0 Å². The average molecular weight is 366 g/mol. The Labute approximate surface area is 158 Å². The number of carbonyl (C=O) groups is 1. The number of imidazole rings is 1. The van der Waals surface area contributed by atoms with Crippen LogP contribution < -0.4 is 5.69 Å². The first-order valence-electron chi connectivity index (χ1n) is 9.40. The quantitative estimate of drug-likeness (QED) is 0.679. The Balaban J connectivity index is 2.17. The van der Waals surface area contributed by atoms with Gasteiger partial charge in [0, 0.05) is 6.04 Å². The molecule has 1 aromatic heterocycles. The average Bonchev–Trinajstić information content (AvgIpc) is 2.89. The van der Waals surface area contributed by atoms with Crippen molar-refractivity contribution in [3.63, 3.8) is 0 Å². The van der Waals surface area contributed by atoms with Gasteiger partial charge in [0.15, 0.2) is 0 Å². The van der Waals surface area contributed by atoms with E-state index < -0.39 is 5.97 Å². The van der Waals surface area contributed by atoms with Crippen LogP contribution in [0.25, 0.3) is 11.0 Å². The van der Waals surface area contributed by atoms with E-state index in [4.69, 9.17) is 0 Å². The summed E-state index contributed by atoms with van der Waals surface area (Å²) >= 11 is 0. The van der Waals surface area contributed by atoms with E-state index in [-0.39, 0.29) is 18.2 Å². The number of aromatic nitrogens is 2. The number of fused-ring (bicyclic) bond motifs is 1. The SMILES string of the molecule is CCCC(CC(=O)O)n1c(=O)n(Cc2cc(C)ccc2C)c2ccccc21. The highest BCUT2D eigenvalue weighted by Gasteiger charge is 2.22. The van der Waals surface area contributed by atoms with Gasteiger partial charge in [-0.25, -0.2) is 4.79 Å². The molecular formula is C22H26N2O3. The maximum absolute atomic E-state index is 13.3. The maximum atomic E-state index is 13.3. The van der Waals surface area contributed by atoms with Gasteiger partial charge < -0.3 is 5.11 Å². The first-order valence-corrected chi connectivity index (χ1v) is 9.40. The number of hydrogen-bond donors (Lipinski definition) is 1. The molecule has 0 amide bonds. The lowest BCUT2D eigenvalue weighted by atomic mass is 10.1. The Morgan fingerprint density at radius 2 is 1.81 bits per heavy atom. The van der Waals surface area contributed by atoms with Crippen LogP contribution in [0.5, 0.6) is 0 Å². The van der Waals surface area contributed by atoms with Gasteiger partial charge in [-0.2, -0.15) is 0 Å². The Bertz CT molecular complexity index is 1030. The number of rotatable bonds is 7. The molecule has 1 N–H and O–H groups in total. The summed E-state index contributed by atoms with van der Waals surface area (Å²) in [5.41, 5.74) is 4.89. The highest BCUT2D eigenvalue weighted by Crippen LogP contribution is 2.24. The van der Waals surface area contributed by atoms with Gasteiger partial charge >= 0.3 is 11.7 Å². The van der Waals surface area contributed by atoms with Crippen LogP contribution in [0.1, 0.15) is 48.9 Å². The van der Waals surface area contributed by atoms with Gasteiger partial charge in [0.1, 0.15) is 0 Å². The molecule has 5 nitrogen and oxygen atoms in total. The third-order valence-electron chi connectivity index (χ3n) is 5.10. The van der Waals surface area contributed by atoms with Gasteiger partial charge in [-0.15, -0.1) is 0 Å². The molecule has 2 aromatic carbocycles. The molecule has 1 atom stereocenters. The van der Waals surface area contributed by atoms with E-state index in [0.717, 1.165) is 34.1 Å². The van der Waals surface area contributed by atoms with Crippen molar-refractivity contribution < 1.29 is 9.90 Å². The molecule has 0 aliphatic carbocycles. The Morgan fingerprint density at radius 3 is 2.48 bits per heavy atom. The molecule has 0 saturated carbocycles. The van der Waals surface area contributed by atoms with E-state index in [1.165, 1.54) is 0 Å². The number of aryl methyl sites for hydroxylation is 2. The summed E-state index contributed by atoms with van der Waals surface area (Å²) in [6, 6.07) is 13.5. The van der Waals surface area contributed by atoms with Crippen molar-refractivity contribution in [2.24, 2.45) is 0 Å². The lowest BCUT2D eigenvalue weighted by molar-refractivity contribution is -0.137. The molecule has 0 bridgehead atoms. The maximum Gasteiger partial charge on any atom is 0.329 e. The van der Waals surface area contributed by atoms with Crippen LogP contribution in [-0.4, -0.2) is 20.2 Å². The number of para-hydroxylation sites is 2. The number of hydrogen-bond acceptors (Lipinski definition) is 2. The number of carboxylic acid groups (broad SMARTS) is 1. The molecule has 0 aliphatic rings. The third-order valence-corrected chi connectivity index (χ3v) is 5.10. The molecule has 27 heavy (non-hydrogen) atoms. The summed E-state index contributed by atoms with van der Waals surface area (Å²) in [7, 11) is 0. The summed E-state index contributed by atoms with van der Waals surface area (Å²) in [5, 5.41) is 9.32. The number of nitrogens with zero attached hydrogens (tertiary/aromatic N) is 2. The molecule has 5 heteroatoms. The highest BCUT2D eigenvalue weighted by atomic mass is 16.4. The van der Waals surface area contributed by atoms with Crippen LogP contribution in [-0.2, 0) is 11.3 Å². The van der Waals surface area contributed by atoms with Gasteiger partial charge in [0.2, 0.25) is 0 Å². The molecule has 0 fully saturated rings. The van der Waals surface area contributed by atoms with Gasteiger partial charge in [-0.3, -0.25) is 13.9 Å². The monoisotopic (exact) mass is 366 g/mol. The van der Waals surface area contributed by atoms with Gasteiger partial charge in [-0.05, 0) is 43.5 Å². The van der Waals surface area contributed by atoms with Gasteiger partial charge in [0.25, 0.3) is 0 Å². The Kier molecular flexibility index (Phi) is 5.49. The lowest BCUT2D eigenvalue weighted by Crippen LogP contribution is -2.29. The minimum atomic E-state index is -0.883. The summed E-state index contributed by atoms with van der Waals surface area (Å²) < 4.78 is 3.44. The molecular weight excluding hydrogens is 340 g/mol. The highest BCUT2D eigenvalue weighted by molar-refractivity contribution is 5.77. The standard InChI is InChI=1S/C22H26N2O3/c1-4-7-18(13-21(25)26)24-20-9-6-5-8-19(20)23(22(24)27)14-17-12-15(2)10-11-16(17)3/h5-6,8-12,18H,4,7,13-14H2,1-3H3,(H,25,26). The van der Waals surface area contributed by atoms with Crippen LogP contribution in [0.15, 0.2) is 47.3 Å². The zero-order valence-corrected chi connectivity index (χ0v) is 16.1. The largest absolute Gasteiger partial charge is 0.481 e. The smallest absolute Gasteiger partial charge is 0.329 e. The molecule has 1 unspecified atom stereocenters. The number of aliphatic carboxylic acids is 1. The molecule has 1 heterocycles. The second-order valence-electron chi connectivity index (χ2n) is 7.20. The second-order valence-corrected chi connectivity index (χ2v) is 7.20. The van der Waals surface area contributed by atoms with Crippen molar-refractivity contribution in [3.05, 3.63) is 69.6 Å². The topological polar surface area (TPSA) is 64.2 Å². The van der Waals surface area contributed by atoms with Gasteiger partial charge in [0.05, 0.1) is 24.0 Å². The molecule has 0 radical (unpaired) electrons. The molecule has 142 valence electrons. The predicted molar refractivity (Wildman–Crippen MR) is 107 cm³/mol. The first kappa shape index (κ1) is 19.0. The van der Waals surface area contributed by atoms with Crippen LogP contribution in [0.4, 0.5) is 0 Å². The first-order chi connectivity index (χ1) is 12.9. The third kappa shape index (κ3) is 3.82. The Hall–Kier alpha value is -2.82. The van der Waals surface area contributed by atoms with Crippen LogP contribution in [0.2, 0.25) is 0 Å². The summed E-state index contributed by atoms with van der Waals surface area (Å²) in [6.07, 6.45) is 1.43. The predicted octanol–water partition coefficient (Wildman–Crippen LogP) is 4.28. The van der Waals surface area contributed by atoms with E-state index in [1.54, 1.807) is 9.13 Å². The minimum absolute atomic E-state index is 0.0504. The number of benzene rings is 2. The van der Waals surface area contributed by atoms with Crippen molar-refractivity contribution in [1.82, 2.24) is 9.13 Å². The zero-order chi connectivity index (χ0) is 19.6. The zero-order valence-electron chi connectivity index (χ0n) is 16.1. The fourth-order valence-corrected chi connectivity index (χ4v) is 3.74. The summed E-state index contributed by atoms with van der Waals surface area (Å²) in [4.78, 5) is 24.7. The minimum Gasteiger partial charge on any atom is -0.481 e. The molecule has 3 rings (SSSR count). The fourth-order valence-electron chi connectivity index (χ4n) is 3.74. The van der Waals surface area contributed by atoms with E-state index >= 15 is 0 Å². The van der Waals surface area contributed by atoms with E-state index in [0.29, 0.717) is 13.0 Å². The lowest BCUT2D eigenvalue weighted by Gasteiger charge is -2.16. The van der Waals surface area contributed by atoms with E-state index in [9.17, 15) is 14.7 Å². The summed E-state index contributed by atoms with van der Waals surface area (Å²) in [6.45, 7) is 6.57. The van der Waals surface area contributed by atoms with Crippen LogP contribution in [0, 0.1) is 13.8 Å². The molecule has 0 aliphatic heterocycles. The molecule has 0 saturated heterocycles. The van der Waals surface area contributed by atoms with Crippen molar-refractivity contribution in [2.75, 3.05) is 0 Å². The molecule has 0 spiro atoms. The van der Waals surface area contributed by atoms with Crippen LogP contribution >= 0.6 is 0 Å². The van der Waals surface area contributed by atoms with Crippen molar-refractivity contribution in [3.8, 4) is 0 Å². The van der Waals surface area contributed by atoms with Crippen LogP contribution in [0.3, 0.4) is 0 Å². The summed E-state index contributed by atoms with van der Waals surface area (Å²) in [5.74, 6) is -0.883. The van der Waals surface area contributed by atoms with Crippen molar-refractivity contribution in [1.29, 1.82) is 0 Å². The van der Waals surface area contributed by atoms with Crippen molar-refractivity contribution >= 4 is 17.0 Å². The second kappa shape index (κ2) is 7.82.